The topological polar surface area (TPSA) is 21.3 Å². The molecule has 0 aliphatic heterocycles. The monoisotopic (exact) mass is 275 g/mol. The van der Waals surface area contributed by atoms with E-state index in [0.717, 1.165) is 18.5 Å². The summed E-state index contributed by atoms with van der Waals surface area (Å²) >= 11 is 0. The minimum Gasteiger partial charge on any atom is -0.385 e. The summed E-state index contributed by atoms with van der Waals surface area (Å²) in [6.07, 6.45) is -1.63. The Morgan fingerprint density at radius 2 is 1.95 bits per heavy atom. The molecule has 19 heavy (non-hydrogen) atoms. The van der Waals surface area contributed by atoms with Gasteiger partial charge in [-0.25, -0.2) is 0 Å². The number of benzene rings is 1. The van der Waals surface area contributed by atoms with E-state index in [0.29, 0.717) is 13.0 Å². The number of ether oxygens (including phenoxy) is 1. The molecule has 0 unspecified atom stereocenters. The smallest absolute Gasteiger partial charge is 0.385 e. The minimum absolute atomic E-state index is 0.114. The summed E-state index contributed by atoms with van der Waals surface area (Å²) < 4.78 is 40.0. The van der Waals surface area contributed by atoms with Crippen LogP contribution in [0.4, 0.5) is 18.9 Å². The van der Waals surface area contributed by atoms with Crippen LogP contribution in [-0.4, -0.2) is 25.9 Å². The first-order valence-electron chi connectivity index (χ1n) is 6.49. The van der Waals surface area contributed by atoms with E-state index in [-0.39, 0.29) is 6.61 Å². The molecule has 0 saturated carbocycles. The molecule has 1 aromatic carbocycles. The molecule has 5 heteroatoms. The van der Waals surface area contributed by atoms with E-state index in [1.54, 1.807) is 0 Å². The van der Waals surface area contributed by atoms with Crippen molar-refractivity contribution >= 4 is 5.69 Å². The lowest BCUT2D eigenvalue weighted by Crippen LogP contribution is -2.18. The van der Waals surface area contributed by atoms with Crippen LogP contribution in [0.5, 0.6) is 0 Å². The van der Waals surface area contributed by atoms with E-state index in [1.807, 2.05) is 18.2 Å². The van der Waals surface area contributed by atoms with Gasteiger partial charge in [-0.3, -0.25) is 0 Å². The summed E-state index contributed by atoms with van der Waals surface area (Å²) in [5, 5.41) is 3.23. The van der Waals surface area contributed by atoms with Crippen molar-refractivity contribution in [2.24, 2.45) is 0 Å². The second-order valence-corrected chi connectivity index (χ2v) is 4.36. The Labute approximate surface area is 112 Å². The molecule has 2 nitrogen and oxygen atoms in total. The van der Waals surface area contributed by atoms with E-state index in [1.165, 1.54) is 5.56 Å². The van der Waals surface area contributed by atoms with Crippen molar-refractivity contribution in [2.75, 3.05) is 25.1 Å². The number of para-hydroxylation sites is 1. The van der Waals surface area contributed by atoms with Crippen molar-refractivity contribution in [3.63, 3.8) is 0 Å². The van der Waals surface area contributed by atoms with Crippen LogP contribution in [0.15, 0.2) is 24.3 Å². The van der Waals surface area contributed by atoms with Crippen molar-refractivity contribution in [2.45, 2.75) is 32.4 Å². The summed E-state index contributed by atoms with van der Waals surface area (Å²) in [5.41, 5.74) is 2.29. The molecule has 0 atom stereocenters. The Kier molecular flexibility index (Phi) is 6.70. The third-order valence-electron chi connectivity index (χ3n) is 2.58. The molecule has 0 bridgehead atoms. The summed E-state index contributed by atoms with van der Waals surface area (Å²) in [6, 6.07) is 7.98. The van der Waals surface area contributed by atoms with Gasteiger partial charge in [-0.05, 0) is 24.5 Å². The van der Waals surface area contributed by atoms with E-state index in [4.69, 9.17) is 0 Å². The lowest BCUT2D eigenvalue weighted by atomic mass is 10.1. The molecule has 0 radical (unpaired) electrons. The maximum atomic E-state index is 11.8. The maximum Gasteiger partial charge on any atom is 0.411 e. The van der Waals surface area contributed by atoms with E-state index in [9.17, 15) is 13.2 Å². The zero-order valence-electron chi connectivity index (χ0n) is 11.1. The number of nitrogens with one attached hydrogen (secondary N) is 1. The standard InChI is InChI=1S/C14H20F3NO/c1-2-6-12-7-3-4-8-13(12)18-9-5-10-19-11-14(15,16)17/h3-4,7-8,18H,2,5-6,9-11H2,1H3. The molecule has 1 N–H and O–H groups in total. The second-order valence-electron chi connectivity index (χ2n) is 4.36. The van der Waals surface area contributed by atoms with Crippen molar-refractivity contribution in [3.05, 3.63) is 29.8 Å². The van der Waals surface area contributed by atoms with Gasteiger partial charge in [0, 0.05) is 18.8 Å². The van der Waals surface area contributed by atoms with Crippen molar-refractivity contribution in [1.29, 1.82) is 0 Å². The number of alkyl halides is 3. The van der Waals surface area contributed by atoms with Crippen LogP contribution in [0.1, 0.15) is 25.3 Å². The Hall–Kier alpha value is -1.23. The van der Waals surface area contributed by atoms with Crippen LogP contribution in [0.3, 0.4) is 0 Å². The predicted octanol–water partition coefficient (Wildman–Crippen LogP) is 4.02. The Balaban J connectivity index is 2.22. The van der Waals surface area contributed by atoms with Gasteiger partial charge in [-0.1, -0.05) is 31.5 Å². The molecule has 0 fully saturated rings. The van der Waals surface area contributed by atoms with E-state index in [2.05, 4.69) is 23.0 Å². The van der Waals surface area contributed by atoms with Crippen molar-refractivity contribution < 1.29 is 17.9 Å². The number of hydrogen-bond acceptors (Lipinski definition) is 2. The number of anilines is 1. The van der Waals surface area contributed by atoms with Gasteiger partial charge in [0.05, 0.1) is 0 Å². The molecular formula is C14H20F3NO. The summed E-state index contributed by atoms with van der Waals surface area (Å²) in [6.45, 7) is 1.67. The van der Waals surface area contributed by atoms with Crippen LogP contribution in [-0.2, 0) is 11.2 Å². The molecule has 1 aromatic rings. The number of halogens is 3. The fraction of sp³-hybridized carbons (Fsp3) is 0.571. The van der Waals surface area contributed by atoms with Crippen LogP contribution in [0.25, 0.3) is 0 Å². The SMILES string of the molecule is CCCc1ccccc1NCCCOCC(F)(F)F. The molecule has 0 aromatic heterocycles. The first kappa shape index (κ1) is 15.8. The average Bonchev–Trinajstić information content (AvgIpc) is 2.34. The highest BCUT2D eigenvalue weighted by Crippen LogP contribution is 2.17. The zero-order chi connectivity index (χ0) is 14.1. The first-order chi connectivity index (χ1) is 9.03. The summed E-state index contributed by atoms with van der Waals surface area (Å²) in [7, 11) is 0. The second kappa shape index (κ2) is 8.04. The molecule has 0 aliphatic rings. The van der Waals surface area contributed by atoms with Gasteiger partial charge in [0.25, 0.3) is 0 Å². The lowest BCUT2D eigenvalue weighted by molar-refractivity contribution is -0.173. The third kappa shape index (κ3) is 7.06. The fourth-order valence-electron chi connectivity index (χ4n) is 1.77. The van der Waals surface area contributed by atoms with Crippen LogP contribution < -0.4 is 5.32 Å². The van der Waals surface area contributed by atoms with Crippen LogP contribution in [0.2, 0.25) is 0 Å². The van der Waals surface area contributed by atoms with Gasteiger partial charge >= 0.3 is 6.18 Å². The van der Waals surface area contributed by atoms with Gasteiger partial charge in [0.15, 0.2) is 0 Å². The molecule has 0 amide bonds. The van der Waals surface area contributed by atoms with Gasteiger partial charge in [-0.15, -0.1) is 0 Å². The molecule has 0 aliphatic carbocycles. The Morgan fingerprint density at radius 1 is 1.21 bits per heavy atom. The zero-order valence-corrected chi connectivity index (χ0v) is 11.1. The molecule has 0 spiro atoms. The highest BCUT2D eigenvalue weighted by atomic mass is 19.4. The summed E-state index contributed by atoms with van der Waals surface area (Å²) in [4.78, 5) is 0. The van der Waals surface area contributed by atoms with Gasteiger partial charge in [0.1, 0.15) is 6.61 Å². The van der Waals surface area contributed by atoms with Gasteiger partial charge < -0.3 is 10.1 Å². The van der Waals surface area contributed by atoms with Crippen molar-refractivity contribution in [3.8, 4) is 0 Å². The third-order valence-corrected chi connectivity index (χ3v) is 2.58. The highest BCUT2D eigenvalue weighted by molar-refractivity contribution is 5.51. The molecule has 0 saturated heterocycles. The average molecular weight is 275 g/mol. The number of aryl methyl sites for hydroxylation is 1. The van der Waals surface area contributed by atoms with E-state index < -0.39 is 12.8 Å². The normalized spacial score (nSPS) is 11.6. The first-order valence-corrected chi connectivity index (χ1v) is 6.49. The molecular weight excluding hydrogens is 255 g/mol. The largest absolute Gasteiger partial charge is 0.411 e. The minimum atomic E-state index is -4.23. The number of hydrogen-bond donors (Lipinski definition) is 1. The van der Waals surface area contributed by atoms with E-state index >= 15 is 0 Å². The molecule has 108 valence electrons. The lowest BCUT2D eigenvalue weighted by Gasteiger charge is -2.12. The predicted molar refractivity (Wildman–Crippen MR) is 70.4 cm³/mol. The molecule has 1 rings (SSSR count). The fourth-order valence-corrected chi connectivity index (χ4v) is 1.77. The highest BCUT2D eigenvalue weighted by Gasteiger charge is 2.27. The van der Waals surface area contributed by atoms with Gasteiger partial charge in [-0.2, -0.15) is 13.2 Å². The van der Waals surface area contributed by atoms with Crippen LogP contribution in [0, 0.1) is 0 Å². The quantitative estimate of drug-likeness (QED) is 0.723. The number of rotatable bonds is 8. The summed E-state index contributed by atoms with van der Waals surface area (Å²) in [5.74, 6) is 0. The van der Waals surface area contributed by atoms with Crippen molar-refractivity contribution in [1.82, 2.24) is 0 Å². The Morgan fingerprint density at radius 3 is 2.63 bits per heavy atom. The Bertz CT molecular complexity index is 366. The maximum absolute atomic E-state index is 11.8. The molecule has 0 heterocycles. The van der Waals surface area contributed by atoms with Gasteiger partial charge in [0.2, 0.25) is 0 Å². The van der Waals surface area contributed by atoms with Crippen LogP contribution >= 0.6 is 0 Å².